The van der Waals surface area contributed by atoms with Gasteiger partial charge in [0.25, 0.3) is 5.91 Å². The number of carbonyl (C=O) groups excluding carboxylic acids is 1. The number of benzene rings is 2. The minimum absolute atomic E-state index is 0.0771. The zero-order valence-electron chi connectivity index (χ0n) is 23.1. The summed E-state index contributed by atoms with van der Waals surface area (Å²) >= 11 is 1.68. The number of aryl methyl sites for hydroxylation is 1. The van der Waals surface area contributed by atoms with Crippen LogP contribution in [-0.4, -0.2) is 16.7 Å². The van der Waals surface area contributed by atoms with Crippen molar-refractivity contribution < 1.29 is 9.21 Å². The molecule has 0 aliphatic heterocycles. The van der Waals surface area contributed by atoms with Gasteiger partial charge < -0.3 is 14.3 Å². The highest BCUT2D eigenvalue weighted by atomic mass is 32.1. The van der Waals surface area contributed by atoms with E-state index in [9.17, 15) is 4.79 Å². The largest absolute Gasteiger partial charge is 0.467 e. The monoisotopic (exact) mass is 537 g/mol. The van der Waals surface area contributed by atoms with Gasteiger partial charge in [0.15, 0.2) is 0 Å². The summed E-state index contributed by atoms with van der Waals surface area (Å²) in [6.07, 6.45) is 6.55. The maximum absolute atomic E-state index is 13.5. The second kappa shape index (κ2) is 10.2. The highest BCUT2D eigenvalue weighted by Gasteiger charge is 2.33. The average Bonchev–Trinajstić information content (AvgIpc) is 3.65. The van der Waals surface area contributed by atoms with Crippen LogP contribution in [0.4, 0.5) is 5.00 Å². The summed E-state index contributed by atoms with van der Waals surface area (Å²) in [4.78, 5) is 19.8. The standard InChI is InChI=1S/C33H35N3O2S/c1-5-36-27-11-7-6-10-24(27)26-17-21(12-15-28(26)36)19-35-32-30(31(37)34-20-23-9-8-16-38-23)25-14-13-22(33(2,3)4)18-29(25)39-32/h6-12,15-17,19,22H,5,13-14,18,20H2,1-4H3,(H,34,37)/t22-/m0/s1. The van der Waals surface area contributed by atoms with Crippen molar-refractivity contribution in [2.75, 3.05) is 0 Å². The number of nitrogens with one attached hydrogen (secondary N) is 1. The van der Waals surface area contributed by atoms with Crippen molar-refractivity contribution in [3.8, 4) is 0 Å². The Morgan fingerprint density at radius 3 is 2.72 bits per heavy atom. The minimum atomic E-state index is -0.0771. The van der Waals surface area contributed by atoms with Crippen molar-refractivity contribution in [3.63, 3.8) is 0 Å². The molecule has 1 aliphatic rings. The number of carbonyl (C=O) groups is 1. The van der Waals surface area contributed by atoms with E-state index in [-0.39, 0.29) is 11.3 Å². The van der Waals surface area contributed by atoms with E-state index >= 15 is 0 Å². The van der Waals surface area contributed by atoms with Crippen LogP contribution in [-0.2, 0) is 25.9 Å². The van der Waals surface area contributed by atoms with Crippen LogP contribution < -0.4 is 5.32 Å². The molecule has 0 bridgehead atoms. The number of thiophene rings is 1. The Kier molecular flexibility index (Phi) is 6.67. The maximum atomic E-state index is 13.5. The number of fused-ring (bicyclic) bond motifs is 4. The Morgan fingerprint density at radius 2 is 1.95 bits per heavy atom. The van der Waals surface area contributed by atoms with Crippen molar-refractivity contribution in [1.29, 1.82) is 0 Å². The van der Waals surface area contributed by atoms with Crippen LogP contribution in [0.15, 0.2) is 70.3 Å². The van der Waals surface area contributed by atoms with Crippen molar-refractivity contribution in [2.24, 2.45) is 16.3 Å². The third kappa shape index (κ3) is 4.82. The van der Waals surface area contributed by atoms with Gasteiger partial charge in [-0.3, -0.25) is 4.79 Å². The number of hydrogen-bond donors (Lipinski definition) is 1. The Balaban J connectivity index is 1.36. The summed E-state index contributed by atoms with van der Waals surface area (Å²) in [6.45, 7) is 10.4. The molecule has 1 N–H and O–H groups in total. The molecule has 0 saturated heterocycles. The van der Waals surface area contributed by atoms with Gasteiger partial charge in [-0.25, -0.2) is 4.99 Å². The molecule has 6 rings (SSSR count). The second-order valence-corrected chi connectivity index (χ2v) is 12.6. The van der Waals surface area contributed by atoms with Crippen LogP contribution in [0.25, 0.3) is 21.8 Å². The van der Waals surface area contributed by atoms with Crippen molar-refractivity contribution in [1.82, 2.24) is 9.88 Å². The third-order valence-corrected chi connectivity index (χ3v) is 9.31. The number of aliphatic imine (C=N–C) groups is 1. The van der Waals surface area contributed by atoms with Crippen LogP contribution >= 0.6 is 11.3 Å². The summed E-state index contributed by atoms with van der Waals surface area (Å²) in [5.41, 5.74) is 5.65. The topological polar surface area (TPSA) is 59.5 Å². The lowest BCUT2D eigenvalue weighted by Gasteiger charge is -2.33. The highest BCUT2D eigenvalue weighted by molar-refractivity contribution is 7.16. The third-order valence-electron chi connectivity index (χ3n) is 8.15. The molecular formula is C33H35N3O2S. The predicted molar refractivity (Wildman–Crippen MR) is 162 cm³/mol. The van der Waals surface area contributed by atoms with Gasteiger partial charge in [0.2, 0.25) is 0 Å². The van der Waals surface area contributed by atoms with Crippen LogP contribution in [0, 0.1) is 11.3 Å². The Labute approximate surface area is 233 Å². The lowest BCUT2D eigenvalue weighted by molar-refractivity contribution is 0.0947. The van der Waals surface area contributed by atoms with Crippen molar-refractivity contribution >= 4 is 50.3 Å². The van der Waals surface area contributed by atoms with E-state index in [0.29, 0.717) is 12.5 Å². The van der Waals surface area contributed by atoms with Gasteiger partial charge >= 0.3 is 0 Å². The fourth-order valence-electron chi connectivity index (χ4n) is 5.93. The summed E-state index contributed by atoms with van der Waals surface area (Å²) in [5.74, 6) is 1.26. The van der Waals surface area contributed by atoms with E-state index in [0.717, 1.165) is 47.7 Å². The van der Waals surface area contributed by atoms with Crippen LogP contribution in [0.5, 0.6) is 0 Å². The van der Waals surface area contributed by atoms with Gasteiger partial charge in [-0.2, -0.15) is 0 Å². The van der Waals surface area contributed by atoms with Gasteiger partial charge in [-0.1, -0.05) is 45.0 Å². The molecule has 6 heteroatoms. The average molecular weight is 538 g/mol. The van der Waals surface area contributed by atoms with Crippen LogP contribution in [0.3, 0.4) is 0 Å². The molecule has 39 heavy (non-hydrogen) atoms. The van der Waals surface area contributed by atoms with Gasteiger partial charge in [-0.05, 0) is 79.0 Å². The van der Waals surface area contributed by atoms with E-state index in [1.54, 1.807) is 17.6 Å². The zero-order valence-corrected chi connectivity index (χ0v) is 23.9. The number of nitrogens with zero attached hydrogens (tertiary/aromatic N) is 2. The molecule has 2 aromatic carbocycles. The van der Waals surface area contributed by atoms with E-state index in [1.807, 2.05) is 18.3 Å². The van der Waals surface area contributed by atoms with Gasteiger partial charge in [0.1, 0.15) is 10.8 Å². The predicted octanol–water partition coefficient (Wildman–Crippen LogP) is 8.30. The first-order valence-corrected chi connectivity index (χ1v) is 14.6. The normalized spacial score (nSPS) is 15.8. The van der Waals surface area contributed by atoms with Crippen LogP contribution in [0.2, 0.25) is 0 Å². The van der Waals surface area contributed by atoms with E-state index in [4.69, 9.17) is 9.41 Å². The number of aromatic nitrogens is 1. The van der Waals surface area contributed by atoms with E-state index in [1.165, 1.54) is 32.2 Å². The summed E-state index contributed by atoms with van der Waals surface area (Å²) in [6, 6.07) is 18.8. The van der Waals surface area contributed by atoms with Gasteiger partial charge in [0.05, 0.1) is 18.4 Å². The molecule has 200 valence electrons. The molecule has 0 saturated carbocycles. The molecule has 0 spiro atoms. The fraction of sp³-hybridized carbons (Fsp3) is 0.333. The smallest absolute Gasteiger partial charge is 0.255 e. The molecule has 0 unspecified atom stereocenters. The number of furan rings is 1. The first-order valence-electron chi connectivity index (χ1n) is 13.8. The molecule has 1 atom stereocenters. The molecule has 1 aliphatic carbocycles. The molecular weight excluding hydrogens is 502 g/mol. The highest BCUT2D eigenvalue weighted by Crippen LogP contribution is 2.45. The second-order valence-electron chi connectivity index (χ2n) is 11.5. The maximum Gasteiger partial charge on any atom is 0.255 e. The Bertz CT molecular complexity index is 1680. The molecule has 1 amide bonds. The van der Waals surface area contributed by atoms with Crippen molar-refractivity contribution in [2.45, 2.75) is 60.0 Å². The van der Waals surface area contributed by atoms with Gasteiger partial charge in [-0.15, -0.1) is 11.3 Å². The van der Waals surface area contributed by atoms with E-state index in [2.05, 4.69) is 80.0 Å². The van der Waals surface area contributed by atoms with Crippen molar-refractivity contribution in [3.05, 3.63) is 88.2 Å². The summed E-state index contributed by atoms with van der Waals surface area (Å²) < 4.78 is 7.79. The molecule has 0 radical (unpaired) electrons. The number of para-hydroxylation sites is 1. The van der Waals surface area contributed by atoms with Gasteiger partial charge in [0, 0.05) is 39.4 Å². The molecule has 3 aromatic heterocycles. The van der Waals surface area contributed by atoms with Crippen LogP contribution in [0.1, 0.15) is 66.2 Å². The SMILES string of the molecule is CCn1c2ccccc2c2cc(C=Nc3sc4c(c3C(=O)NCc3ccco3)CC[C@H](C(C)(C)C)C4)ccc21. The molecule has 3 heterocycles. The number of amides is 1. The lowest BCUT2D eigenvalue weighted by Crippen LogP contribution is -2.28. The first kappa shape index (κ1) is 25.6. The van der Waals surface area contributed by atoms with E-state index < -0.39 is 0 Å². The summed E-state index contributed by atoms with van der Waals surface area (Å²) in [7, 11) is 0. The lowest BCUT2D eigenvalue weighted by atomic mass is 9.72. The number of hydrogen-bond acceptors (Lipinski definition) is 4. The Hall–Kier alpha value is -3.64. The minimum Gasteiger partial charge on any atom is -0.467 e. The zero-order chi connectivity index (χ0) is 27.1. The quantitative estimate of drug-likeness (QED) is 0.222. The summed E-state index contributed by atoms with van der Waals surface area (Å²) in [5, 5.41) is 6.34. The first-order chi connectivity index (χ1) is 18.8. The number of rotatable bonds is 6. The molecule has 5 nitrogen and oxygen atoms in total. The fourth-order valence-corrected chi connectivity index (χ4v) is 7.20. The molecule has 0 fully saturated rings. The Morgan fingerprint density at radius 1 is 1.13 bits per heavy atom. The molecule has 5 aromatic rings.